The summed E-state index contributed by atoms with van der Waals surface area (Å²) in [6.07, 6.45) is 5.48. The highest BCUT2D eigenvalue weighted by Crippen LogP contribution is 2.17. The fourth-order valence-corrected chi connectivity index (χ4v) is 1.89. The van der Waals surface area contributed by atoms with Gasteiger partial charge in [0.1, 0.15) is 0 Å². The SMILES string of the molecule is C=CCN=C(NCC)NC1CCC(O)CC1.I. The molecule has 1 rings (SSSR count). The third kappa shape index (κ3) is 6.88. The number of aliphatic hydroxyl groups is 1. The lowest BCUT2D eigenvalue weighted by Crippen LogP contribution is -2.45. The molecule has 3 N–H and O–H groups in total. The average Bonchev–Trinajstić information content (AvgIpc) is 2.29. The lowest BCUT2D eigenvalue weighted by molar-refractivity contribution is 0.120. The maximum absolute atomic E-state index is 9.42. The van der Waals surface area contributed by atoms with E-state index < -0.39 is 0 Å². The molecule has 1 saturated carbocycles. The summed E-state index contributed by atoms with van der Waals surface area (Å²) in [7, 11) is 0. The molecule has 0 aromatic rings. The summed E-state index contributed by atoms with van der Waals surface area (Å²) in [6, 6.07) is 0.436. The molecule has 5 heteroatoms. The van der Waals surface area contributed by atoms with Crippen molar-refractivity contribution in [2.24, 2.45) is 4.99 Å². The van der Waals surface area contributed by atoms with Gasteiger partial charge in [-0.1, -0.05) is 6.08 Å². The van der Waals surface area contributed by atoms with Gasteiger partial charge < -0.3 is 15.7 Å². The van der Waals surface area contributed by atoms with Crippen molar-refractivity contribution in [3.05, 3.63) is 12.7 Å². The summed E-state index contributed by atoms with van der Waals surface area (Å²) >= 11 is 0. The molecule has 0 atom stereocenters. The lowest BCUT2D eigenvalue weighted by Gasteiger charge is -2.27. The van der Waals surface area contributed by atoms with Crippen molar-refractivity contribution in [3.8, 4) is 0 Å². The monoisotopic (exact) mass is 353 g/mol. The Labute approximate surface area is 121 Å². The van der Waals surface area contributed by atoms with Gasteiger partial charge in [0.25, 0.3) is 0 Å². The number of nitrogens with one attached hydrogen (secondary N) is 2. The van der Waals surface area contributed by atoms with Gasteiger partial charge >= 0.3 is 0 Å². The molecule has 17 heavy (non-hydrogen) atoms. The Morgan fingerprint density at radius 1 is 1.41 bits per heavy atom. The van der Waals surface area contributed by atoms with Gasteiger partial charge in [0.05, 0.1) is 12.6 Å². The molecule has 0 heterocycles. The molecule has 4 nitrogen and oxygen atoms in total. The van der Waals surface area contributed by atoms with Crippen LogP contribution in [0.1, 0.15) is 32.6 Å². The van der Waals surface area contributed by atoms with Crippen LogP contribution in [0, 0.1) is 0 Å². The molecule has 0 saturated heterocycles. The molecule has 0 amide bonds. The van der Waals surface area contributed by atoms with Gasteiger partial charge in [0.15, 0.2) is 5.96 Å². The summed E-state index contributed by atoms with van der Waals surface area (Å²) in [5.41, 5.74) is 0. The van der Waals surface area contributed by atoms with E-state index in [9.17, 15) is 5.11 Å². The highest BCUT2D eigenvalue weighted by Gasteiger charge is 2.19. The zero-order valence-electron chi connectivity index (χ0n) is 10.5. The predicted molar refractivity (Wildman–Crippen MR) is 83.0 cm³/mol. The zero-order valence-corrected chi connectivity index (χ0v) is 12.8. The van der Waals surface area contributed by atoms with E-state index in [-0.39, 0.29) is 30.1 Å². The molecule has 1 aliphatic carbocycles. The fraction of sp³-hybridized carbons (Fsp3) is 0.750. The van der Waals surface area contributed by atoms with Gasteiger partial charge in [-0.15, -0.1) is 30.6 Å². The molecule has 1 fully saturated rings. The Bertz CT molecular complexity index is 238. The van der Waals surface area contributed by atoms with Crippen LogP contribution in [0.5, 0.6) is 0 Å². The summed E-state index contributed by atoms with van der Waals surface area (Å²) in [5.74, 6) is 0.851. The van der Waals surface area contributed by atoms with E-state index in [2.05, 4.69) is 29.1 Å². The van der Waals surface area contributed by atoms with E-state index in [1.807, 2.05) is 0 Å². The van der Waals surface area contributed by atoms with Crippen molar-refractivity contribution in [2.45, 2.75) is 44.8 Å². The second-order valence-corrected chi connectivity index (χ2v) is 4.16. The topological polar surface area (TPSA) is 56.7 Å². The third-order valence-corrected chi connectivity index (χ3v) is 2.76. The van der Waals surface area contributed by atoms with Crippen LogP contribution in [0.15, 0.2) is 17.6 Å². The number of aliphatic hydroxyl groups excluding tert-OH is 1. The summed E-state index contributed by atoms with van der Waals surface area (Å²) < 4.78 is 0. The number of rotatable bonds is 4. The molecule has 0 aliphatic heterocycles. The lowest BCUT2D eigenvalue weighted by atomic mass is 9.93. The second kappa shape index (κ2) is 9.70. The minimum Gasteiger partial charge on any atom is -0.393 e. The van der Waals surface area contributed by atoms with Crippen LogP contribution < -0.4 is 10.6 Å². The van der Waals surface area contributed by atoms with E-state index in [0.29, 0.717) is 12.6 Å². The molecule has 0 spiro atoms. The van der Waals surface area contributed by atoms with Crippen LogP contribution in [0.25, 0.3) is 0 Å². The van der Waals surface area contributed by atoms with E-state index in [4.69, 9.17) is 0 Å². The summed E-state index contributed by atoms with van der Waals surface area (Å²) in [5, 5.41) is 16.0. The highest BCUT2D eigenvalue weighted by atomic mass is 127. The summed E-state index contributed by atoms with van der Waals surface area (Å²) in [6.45, 7) is 7.19. The standard InChI is InChI=1S/C12H23N3O.HI/c1-3-9-14-12(13-4-2)15-10-5-7-11(16)8-6-10;/h3,10-11,16H,1,4-9H2,2H3,(H2,13,14,15);1H. The van der Waals surface area contributed by atoms with Crippen LogP contribution in [-0.4, -0.2) is 36.3 Å². The molecule has 0 unspecified atom stereocenters. The largest absolute Gasteiger partial charge is 0.393 e. The van der Waals surface area contributed by atoms with Crippen LogP contribution >= 0.6 is 24.0 Å². The van der Waals surface area contributed by atoms with Gasteiger partial charge in [0.2, 0.25) is 0 Å². The van der Waals surface area contributed by atoms with Crippen molar-refractivity contribution < 1.29 is 5.11 Å². The first-order valence-electron chi connectivity index (χ1n) is 6.10. The van der Waals surface area contributed by atoms with Crippen molar-refractivity contribution in [2.75, 3.05) is 13.1 Å². The van der Waals surface area contributed by atoms with Gasteiger partial charge in [0, 0.05) is 12.6 Å². The Balaban J connectivity index is 0.00000256. The maximum Gasteiger partial charge on any atom is 0.191 e. The molecular weight excluding hydrogens is 329 g/mol. The van der Waals surface area contributed by atoms with Crippen LogP contribution in [0.2, 0.25) is 0 Å². The Kier molecular flexibility index (Phi) is 9.53. The molecule has 0 aromatic carbocycles. The Hall–Kier alpha value is -0.300. The number of guanidine groups is 1. The van der Waals surface area contributed by atoms with Crippen LogP contribution in [0.3, 0.4) is 0 Å². The number of hydrogen-bond acceptors (Lipinski definition) is 2. The number of halogens is 1. The number of aliphatic imine (C=N–C) groups is 1. The molecule has 1 aliphatic rings. The van der Waals surface area contributed by atoms with Gasteiger partial charge in [-0.2, -0.15) is 0 Å². The van der Waals surface area contributed by atoms with Crippen LogP contribution in [0.4, 0.5) is 0 Å². The van der Waals surface area contributed by atoms with Gasteiger partial charge in [-0.05, 0) is 32.6 Å². The zero-order chi connectivity index (χ0) is 11.8. The predicted octanol–water partition coefficient (Wildman–Crippen LogP) is 1.65. The molecule has 0 aromatic heterocycles. The minimum absolute atomic E-state index is 0. The van der Waals surface area contributed by atoms with Crippen molar-refractivity contribution in [3.63, 3.8) is 0 Å². The first-order chi connectivity index (χ1) is 7.76. The first-order valence-corrected chi connectivity index (χ1v) is 6.10. The van der Waals surface area contributed by atoms with Crippen molar-refractivity contribution in [1.29, 1.82) is 0 Å². The average molecular weight is 353 g/mol. The molecule has 0 radical (unpaired) electrons. The minimum atomic E-state index is -0.106. The smallest absolute Gasteiger partial charge is 0.191 e. The number of nitrogens with zero attached hydrogens (tertiary/aromatic N) is 1. The molecular formula is C12H24IN3O. The summed E-state index contributed by atoms with van der Waals surface area (Å²) in [4.78, 5) is 4.36. The molecule has 0 bridgehead atoms. The van der Waals surface area contributed by atoms with Crippen molar-refractivity contribution >= 4 is 29.9 Å². The van der Waals surface area contributed by atoms with E-state index in [0.717, 1.165) is 38.2 Å². The highest BCUT2D eigenvalue weighted by molar-refractivity contribution is 14.0. The number of hydrogen-bond donors (Lipinski definition) is 3. The Morgan fingerprint density at radius 2 is 2.06 bits per heavy atom. The van der Waals surface area contributed by atoms with Crippen molar-refractivity contribution in [1.82, 2.24) is 10.6 Å². The maximum atomic E-state index is 9.42. The Morgan fingerprint density at radius 3 is 2.59 bits per heavy atom. The third-order valence-electron chi connectivity index (χ3n) is 2.76. The van der Waals surface area contributed by atoms with Crippen LogP contribution in [-0.2, 0) is 0 Å². The second-order valence-electron chi connectivity index (χ2n) is 4.16. The van der Waals surface area contributed by atoms with Gasteiger partial charge in [-0.25, -0.2) is 4.99 Å². The van der Waals surface area contributed by atoms with Gasteiger partial charge in [-0.3, -0.25) is 0 Å². The van der Waals surface area contributed by atoms with E-state index >= 15 is 0 Å². The quantitative estimate of drug-likeness (QED) is 0.312. The van der Waals surface area contributed by atoms with E-state index in [1.54, 1.807) is 6.08 Å². The first kappa shape index (κ1) is 16.7. The van der Waals surface area contributed by atoms with E-state index in [1.165, 1.54) is 0 Å². The fourth-order valence-electron chi connectivity index (χ4n) is 1.89. The molecule has 100 valence electrons. The normalized spacial score (nSPS) is 24.7.